The Kier molecular flexibility index (Phi) is 9.81. The van der Waals surface area contributed by atoms with Crippen LogP contribution in [-0.2, 0) is 9.59 Å². The number of aromatic nitrogens is 1. The van der Waals surface area contributed by atoms with Gasteiger partial charge in [0.25, 0.3) is 11.8 Å². The van der Waals surface area contributed by atoms with Gasteiger partial charge in [-0.2, -0.15) is 5.10 Å². The summed E-state index contributed by atoms with van der Waals surface area (Å²) >= 11 is 12.0. The van der Waals surface area contributed by atoms with Gasteiger partial charge >= 0.3 is 5.97 Å². The fraction of sp³-hybridized carbons (Fsp3) is 0.222. The first-order valence-corrected chi connectivity index (χ1v) is 12.3. The molecule has 11 heteroatoms. The van der Waals surface area contributed by atoms with Gasteiger partial charge in [-0.15, -0.1) is 0 Å². The van der Waals surface area contributed by atoms with Crippen molar-refractivity contribution in [2.45, 2.75) is 26.8 Å². The van der Waals surface area contributed by atoms with Gasteiger partial charge < -0.3 is 14.8 Å². The first-order valence-electron chi connectivity index (χ1n) is 11.6. The van der Waals surface area contributed by atoms with Crippen molar-refractivity contribution in [3.8, 4) is 11.5 Å². The van der Waals surface area contributed by atoms with Crippen LogP contribution in [0.5, 0.6) is 11.5 Å². The molecule has 3 aromatic rings. The third-order valence-electron chi connectivity index (χ3n) is 5.23. The molecule has 1 heterocycles. The van der Waals surface area contributed by atoms with E-state index in [4.69, 9.17) is 32.7 Å². The minimum Gasteiger partial charge on any atom is -0.493 e. The van der Waals surface area contributed by atoms with Gasteiger partial charge in [0, 0.05) is 33.4 Å². The molecule has 1 aromatic heterocycles. The summed E-state index contributed by atoms with van der Waals surface area (Å²) in [4.78, 5) is 42.0. The first kappa shape index (κ1) is 28.6. The third kappa shape index (κ3) is 7.30. The summed E-state index contributed by atoms with van der Waals surface area (Å²) in [5, 5.41) is 7.95. The normalized spacial score (nSPS) is 11.3. The Hall–Kier alpha value is -3.95. The van der Waals surface area contributed by atoms with Crippen molar-refractivity contribution in [3.05, 3.63) is 87.7 Å². The highest BCUT2D eigenvalue weighted by molar-refractivity contribution is 6.31. The van der Waals surface area contributed by atoms with Crippen LogP contribution >= 0.6 is 23.2 Å². The second-order valence-corrected chi connectivity index (χ2v) is 9.29. The molecule has 0 fully saturated rings. The second-order valence-electron chi connectivity index (χ2n) is 8.41. The molecule has 0 saturated carbocycles. The predicted octanol–water partition coefficient (Wildman–Crippen LogP) is 4.65. The van der Waals surface area contributed by atoms with Crippen LogP contribution < -0.4 is 20.2 Å². The lowest BCUT2D eigenvalue weighted by atomic mass is 10.0. The topological polar surface area (TPSA) is 119 Å². The van der Waals surface area contributed by atoms with Crippen molar-refractivity contribution in [2.24, 2.45) is 11.0 Å². The summed E-state index contributed by atoms with van der Waals surface area (Å²) in [6.45, 7) is 4.79. The number of hydrogen-bond donors (Lipinski definition) is 2. The van der Waals surface area contributed by atoms with Crippen molar-refractivity contribution in [2.75, 3.05) is 7.11 Å². The van der Waals surface area contributed by atoms with Gasteiger partial charge in [0.2, 0.25) is 5.75 Å². The summed E-state index contributed by atoms with van der Waals surface area (Å²) in [5.41, 5.74) is 4.14. The number of halogens is 2. The monoisotopic (exact) mass is 556 g/mol. The largest absolute Gasteiger partial charge is 0.493 e. The molecule has 0 aliphatic rings. The molecule has 2 N–H and O–H groups in total. The van der Waals surface area contributed by atoms with Gasteiger partial charge in [0.15, 0.2) is 11.4 Å². The molecule has 0 bridgehead atoms. The highest BCUT2D eigenvalue weighted by atomic mass is 35.5. The van der Waals surface area contributed by atoms with Crippen LogP contribution in [0.15, 0.2) is 65.9 Å². The predicted molar refractivity (Wildman–Crippen MR) is 145 cm³/mol. The van der Waals surface area contributed by atoms with Crippen LogP contribution in [0.4, 0.5) is 0 Å². The van der Waals surface area contributed by atoms with E-state index in [1.54, 1.807) is 62.4 Å². The Morgan fingerprint density at radius 1 is 0.895 bits per heavy atom. The van der Waals surface area contributed by atoms with E-state index in [-0.39, 0.29) is 17.2 Å². The van der Waals surface area contributed by atoms with Gasteiger partial charge in [-0.05, 0) is 31.2 Å². The van der Waals surface area contributed by atoms with Crippen LogP contribution in [0.3, 0.4) is 0 Å². The quantitative estimate of drug-likeness (QED) is 0.225. The lowest BCUT2D eigenvalue weighted by Gasteiger charge is -2.16. The molecule has 2 aromatic carbocycles. The van der Waals surface area contributed by atoms with Crippen LogP contribution in [0.2, 0.25) is 10.0 Å². The zero-order valence-electron chi connectivity index (χ0n) is 21.1. The summed E-state index contributed by atoms with van der Waals surface area (Å²) in [5.74, 6) is -2.34. The zero-order valence-corrected chi connectivity index (χ0v) is 22.6. The molecular formula is C27H26Cl2N4O5. The van der Waals surface area contributed by atoms with Gasteiger partial charge in [-0.1, -0.05) is 61.3 Å². The maximum absolute atomic E-state index is 13.0. The lowest BCUT2D eigenvalue weighted by molar-refractivity contribution is -0.137. The number of carbonyl (C=O) groups is 3. The molecule has 9 nitrogen and oxygen atoms in total. The van der Waals surface area contributed by atoms with E-state index in [0.717, 1.165) is 0 Å². The minimum atomic E-state index is -1.02. The zero-order chi connectivity index (χ0) is 27.8. The van der Waals surface area contributed by atoms with Crippen molar-refractivity contribution in [3.63, 3.8) is 0 Å². The summed E-state index contributed by atoms with van der Waals surface area (Å²) in [6, 6.07) is 14.3. The molecule has 0 saturated heterocycles. The van der Waals surface area contributed by atoms with Crippen LogP contribution in [0.1, 0.15) is 42.4 Å². The van der Waals surface area contributed by atoms with E-state index < -0.39 is 29.7 Å². The number of rotatable bonds is 9. The average molecular weight is 557 g/mol. The third-order valence-corrected chi connectivity index (χ3v) is 5.74. The number of amides is 2. The Morgan fingerprint density at radius 3 is 1.95 bits per heavy atom. The highest BCUT2D eigenvalue weighted by Gasteiger charge is 2.25. The molecule has 1 atom stereocenters. The molecule has 198 valence electrons. The molecule has 0 spiro atoms. The Labute approximate surface area is 230 Å². The molecule has 0 radical (unpaired) electrons. The molecule has 38 heavy (non-hydrogen) atoms. The molecule has 0 aliphatic carbocycles. The number of esters is 1. The van der Waals surface area contributed by atoms with Gasteiger partial charge in [-0.25, -0.2) is 10.4 Å². The van der Waals surface area contributed by atoms with Crippen LogP contribution in [0.25, 0.3) is 0 Å². The number of carbonyl (C=O) groups excluding carboxylic acids is 3. The maximum Gasteiger partial charge on any atom is 0.313 e. The first-order chi connectivity index (χ1) is 18.1. The number of benzene rings is 2. The summed E-state index contributed by atoms with van der Waals surface area (Å²) < 4.78 is 10.6. The minimum absolute atomic E-state index is 0.135. The van der Waals surface area contributed by atoms with E-state index >= 15 is 0 Å². The smallest absolute Gasteiger partial charge is 0.313 e. The molecular weight excluding hydrogens is 531 g/mol. The highest BCUT2D eigenvalue weighted by Crippen LogP contribution is 2.30. The number of nitrogens with zero attached hydrogens (tertiary/aromatic N) is 2. The van der Waals surface area contributed by atoms with Crippen molar-refractivity contribution < 1.29 is 23.9 Å². The Bertz CT molecular complexity index is 1300. The average Bonchev–Trinajstić information content (AvgIpc) is 2.90. The van der Waals surface area contributed by atoms with Crippen LogP contribution in [0, 0.1) is 5.92 Å². The van der Waals surface area contributed by atoms with Crippen LogP contribution in [-0.4, -0.2) is 41.6 Å². The number of pyridine rings is 1. The summed E-state index contributed by atoms with van der Waals surface area (Å²) in [6.07, 6.45) is 1.33. The Balaban J connectivity index is 1.80. The number of methoxy groups -OCH3 is 1. The summed E-state index contributed by atoms with van der Waals surface area (Å²) in [7, 11) is 1.37. The van der Waals surface area contributed by atoms with Crippen molar-refractivity contribution >= 4 is 46.7 Å². The number of ether oxygens (including phenoxy) is 2. The van der Waals surface area contributed by atoms with Gasteiger partial charge in [0.05, 0.1) is 18.7 Å². The number of hydrogen-bond acceptors (Lipinski definition) is 7. The SMILES string of the molecule is COc1ccnc(C(=O)N[C@@H](C)C(=O)NN=C(c2ccc(Cl)cc2)c2ccc(Cl)cc2)c1OC(=O)C(C)C. The molecule has 3 rings (SSSR count). The number of hydrazone groups is 1. The fourth-order valence-corrected chi connectivity index (χ4v) is 3.37. The fourth-order valence-electron chi connectivity index (χ4n) is 3.12. The molecule has 2 amide bonds. The van der Waals surface area contributed by atoms with Crippen molar-refractivity contribution in [1.82, 2.24) is 15.7 Å². The van der Waals surface area contributed by atoms with Crippen molar-refractivity contribution in [1.29, 1.82) is 0 Å². The molecule has 0 aliphatic heterocycles. The number of nitrogens with one attached hydrogen (secondary N) is 2. The second kappa shape index (κ2) is 13.0. The lowest BCUT2D eigenvalue weighted by Crippen LogP contribution is -2.44. The van der Waals surface area contributed by atoms with Gasteiger partial charge in [0.1, 0.15) is 6.04 Å². The van der Waals surface area contributed by atoms with E-state index in [9.17, 15) is 14.4 Å². The van der Waals surface area contributed by atoms with Gasteiger partial charge in [-0.3, -0.25) is 14.4 Å². The Morgan fingerprint density at radius 2 is 1.45 bits per heavy atom. The van der Waals surface area contributed by atoms with E-state index in [2.05, 4.69) is 20.8 Å². The maximum atomic E-state index is 13.0. The molecule has 0 unspecified atom stereocenters. The van der Waals surface area contributed by atoms with E-state index in [1.807, 2.05) is 0 Å². The van der Waals surface area contributed by atoms with E-state index in [0.29, 0.717) is 26.9 Å². The van der Waals surface area contributed by atoms with E-state index in [1.165, 1.54) is 26.3 Å². The standard InChI is InChI=1S/C27H26Cl2N4O5/c1-15(2)27(36)38-24-21(37-4)13-14-30-23(24)26(35)31-16(3)25(34)33-32-22(17-5-9-19(28)10-6-17)18-7-11-20(29)12-8-18/h5-16H,1-4H3,(H,31,35)(H,33,34)/t16-/m0/s1.